The van der Waals surface area contributed by atoms with Gasteiger partial charge in [-0.1, -0.05) is 0 Å². The van der Waals surface area contributed by atoms with Gasteiger partial charge in [0.1, 0.15) is 12.1 Å². The van der Waals surface area contributed by atoms with E-state index < -0.39 is 11.7 Å². The molecule has 0 N–H and O–H groups in total. The van der Waals surface area contributed by atoms with E-state index in [0.717, 1.165) is 24.2 Å². The van der Waals surface area contributed by atoms with Gasteiger partial charge in [0.15, 0.2) is 5.78 Å². The van der Waals surface area contributed by atoms with Crippen molar-refractivity contribution in [2.75, 3.05) is 0 Å². The smallest absolute Gasteiger partial charge is 0.294 e. The number of hydrogen-bond donors (Lipinski definition) is 0. The summed E-state index contributed by atoms with van der Waals surface area (Å²) in [5.41, 5.74) is 0.824. The lowest BCUT2D eigenvalue weighted by atomic mass is 9.95. The predicted molar refractivity (Wildman–Crippen MR) is 93.8 cm³/mol. The maximum absolute atomic E-state index is 13.1. The molecule has 1 aromatic carbocycles. The first-order valence-electron chi connectivity index (χ1n) is 8.55. The second kappa shape index (κ2) is 6.60. The van der Waals surface area contributed by atoms with E-state index in [1.165, 1.54) is 12.4 Å². The topological polar surface area (TPSA) is 71.6 Å². The zero-order valence-electron chi connectivity index (χ0n) is 14.5. The largest absolute Gasteiger partial charge is 0.416 e. The van der Waals surface area contributed by atoms with E-state index in [0.29, 0.717) is 24.2 Å². The van der Waals surface area contributed by atoms with Crippen LogP contribution in [0.2, 0.25) is 0 Å². The Bertz CT molecular complexity index is 1130. The molecule has 0 radical (unpaired) electrons. The highest BCUT2D eigenvalue weighted by Gasteiger charge is 2.31. The van der Waals surface area contributed by atoms with Crippen molar-refractivity contribution in [3.8, 4) is 23.1 Å². The minimum absolute atomic E-state index is 0.0691. The van der Waals surface area contributed by atoms with Gasteiger partial charge in [-0.2, -0.15) is 18.4 Å². The number of carbonyl (C=O) groups excluding carboxylic acids is 1. The second-order valence-corrected chi connectivity index (χ2v) is 6.52. The monoisotopic (exact) mass is 382 g/mol. The summed E-state index contributed by atoms with van der Waals surface area (Å²) in [6, 6.07) is 8.28. The van der Waals surface area contributed by atoms with Crippen LogP contribution in [0.5, 0.6) is 0 Å². The van der Waals surface area contributed by atoms with Gasteiger partial charge in [-0.25, -0.2) is 9.97 Å². The van der Waals surface area contributed by atoms with Gasteiger partial charge in [-0.05, 0) is 43.2 Å². The Balaban J connectivity index is 1.73. The van der Waals surface area contributed by atoms with Crippen molar-refractivity contribution in [2.45, 2.75) is 25.4 Å². The summed E-state index contributed by atoms with van der Waals surface area (Å²) in [6.45, 7) is 0. The number of hydrogen-bond acceptors (Lipinski definition) is 4. The molecule has 0 atom stereocenters. The lowest BCUT2D eigenvalue weighted by molar-refractivity contribution is -0.137. The number of Topliss-reactive ketones (excluding diaryl/α,β-unsaturated/α-hetero) is 1. The van der Waals surface area contributed by atoms with Crippen LogP contribution in [0, 0.1) is 11.3 Å². The molecule has 2 aromatic heterocycles. The highest BCUT2D eigenvalue weighted by atomic mass is 19.4. The number of rotatable bonds is 2. The molecule has 8 heteroatoms. The van der Waals surface area contributed by atoms with Crippen LogP contribution < -0.4 is 0 Å². The van der Waals surface area contributed by atoms with Crippen molar-refractivity contribution in [3.63, 3.8) is 0 Å². The summed E-state index contributed by atoms with van der Waals surface area (Å²) in [6.07, 6.45) is 0.405. The maximum Gasteiger partial charge on any atom is 0.416 e. The third kappa shape index (κ3) is 3.27. The molecule has 0 amide bonds. The van der Waals surface area contributed by atoms with Crippen LogP contribution in [0.4, 0.5) is 13.2 Å². The van der Waals surface area contributed by atoms with Gasteiger partial charge < -0.3 is 0 Å². The third-order valence-corrected chi connectivity index (χ3v) is 4.61. The van der Waals surface area contributed by atoms with Crippen LogP contribution in [0.3, 0.4) is 0 Å². The molecule has 5 nitrogen and oxygen atoms in total. The number of halogens is 3. The fraction of sp³-hybridized carbons (Fsp3) is 0.200. The lowest BCUT2D eigenvalue weighted by Gasteiger charge is -2.14. The summed E-state index contributed by atoms with van der Waals surface area (Å²) in [4.78, 5) is 20.6. The zero-order valence-corrected chi connectivity index (χ0v) is 14.5. The first-order valence-corrected chi connectivity index (χ1v) is 8.55. The van der Waals surface area contributed by atoms with Crippen molar-refractivity contribution >= 4 is 5.78 Å². The van der Waals surface area contributed by atoms with Gasteiger partial charge in [0, 0.05) is 23.7 Å². The summed E-state index contributed by atoms with van der Waals surface area (Å²) in [5.74, 6) is 0.597. The lowest BCUT2D eigenvalue weighted by Crippen LogP contribution is -2.13. The minimum atomic E-state index is -4.56. The average Bonchev–Trinajstić information content (AvgIpc) is 3.17. The number of imidazole rings is 1. The maximum atomic E-state index is 13.1. The Kier molecular flexibility index (Phi) is 4.23. The standard InChI is InChI=1S/C20H13F3N4O/c21-20(22,23)14-7-12(9-24)6-13(8-14)17-10-27(11-25-17)19-5-4-15-16(26-19)2-1-3-18(15)28/h4-8,10-11H,1-3H2. The molecule has 1 aliphatic carbocycles. The van der Waals surface area contributed by atoms with Gasteiger partial charge in [-0.3, -0.25) is 9.36 Å². The molecule has 2 heterocycles. The summed E-state index contributed by atoms with van der Waals surface area (Å²) in [5, 5.41) is 9.04. The Labute approximate surface area is 158 Å². The Hall–Kier alpha value is -3.47. The predicted octanol–water partition coefficient (Wildman–Crippen LogP) is 4.34. The van der Waals surface area contributed by atoms with Gasteiger partial charge in [0.25, 0.3) is 0 Å². The van der Waals surface area contributed by atoms with Gasteiger partial charge >= 0.3 is 6.18 Å². The van der Waals surface area contributed by atoms with E-state index in [1.54, 1.807) is 29.0 Å². The number of ketones is 1. The number of carbonyl (C=O) groups is 1. The normalized spacial score (nSPS) is 13.9. The van der Waals surface area contributed by atoms with E-state index in [4.69, 9.17) is 5.26 Å². The molecule has 28 heavy (non-hydrogen) atoms. The highest BCUT2D eigenvalue weighted by Crippen LogP contribution is 2.33. The highest BCUT2D eigenvalue weighted by molar-refractivity contribution is 5.98. The molecule has 0 unspecified atom stereocenters. The number of benzene rings is 1. The summed E-state index contributed by atoms with van der Waals surface area (Å²) in [7, 11) is 0. The van der Waals surface area contributed by atoms with Crippen molar-refractivity contribution < 1.29 is 18.0 Å². The van der Waals surface area contributed by atoms with E-state index >= 15 is 0 Å². The fourth-order valence-corrected chi connectivity index (χ4v) is 3.23. The first-order chi connectivity index (χ1) is 13.3. The summed E-state index contributed by atoms with van der Waals surface area (Å²) >= 11 is 0. The molecule has 0 bridgehead atoms. The SMILES string of the molecule is N#Cc1cc(-c2cn(-c3ccc4c(n3)CCCC4=O)cn2)cc(C(F)(F)F)c1. The number of fused-ring (bicyclic) bond motifs is 1. The Morgan fingerprint density at radius 1 is 1.14 bits per heavy atom. The van der Waals surface area contributed by atoms with Crippen molar-refractivity contribution in [3.05, 3.63) is 65.2 Å². The Morgan fingerprint density at radius 3 is 2.71 bits per heavy atom. The molecule has 0 aliphatic heterocycles. The molecule has 0 saturated heterocycles. The van der Waals surface area contributed by atoms with E-state index in [2.05, 4.69) is 9.97 Å². The van der Waals surface area contributed by atoms with E-state index in [-0.39, 0.29) is 22.6 Å². The van der Waals surface area contributed by atoms with Crippen LogP contribution in [-0.2, 0) is 12.6 Å². The number of alkyl halides is 3. The number of aromatic nitrogens is 3. The van der Waals surface area contributed by atoms with E-state index in [1.807, 2.05) is 0 Å². The number of nitrogens with zero attached hydrogens (tertiary/aromatic N) is 4. The molecular formula is C20H13F3N4O. The average molecular weight is 382 g/mol. The molecule has 4 rings (SSSR count). The van der Waals surface area contributed by atoms with Gasteiger partial charge in [0.05, 0.1) is 28.6 Å². The molecule has 3 aromatic rings. The van der Waals surface area contributed by atoms with Crippen molar-refractivity contribution in [1.29, 1.82) is 5.26 Å². The molecule has 140 valence electrons. The number of pyridine rings is 1. The number of aryl methyl sites for hydroxylation is 1. The third-order valence-electron chi connectivity index (χ3n) is 4.61. The molecule has 0 saturated carbocycles. The Morgan fingerprint density at radius 2 is 1.96 bits per heavy atom. The fourth-order valence-electron chi connectivity index (χ4n) is 3.23. The van der Waals surface area contributed by atoms with Crippen molar-refractivity contribution in [1.82, 2.24) is 14.5 Å². The molecule has 1 aliphatic rings. The van der Waals surface area contributed by atoms with E-state index in [9.17, 15) is 18.0 Å². The second-order valence-electron chi connectivity index (χ2n) is 6.52. The first kappa shape index (κ1) is 17.9. The van der Waals surface area contributed by atoms with Crippen molar-refractivity contribution in [2.24, 2.45) is 0 Å². The molecule has 0 spiro atoms. The van der Waals surface area contributed by atoms with Crippen LogP contribution in [0.25, 0.3) is 17.1 Å². The van der Waals surface area contributed by atoms with Crippen LogP contribution in [0.1, 0.15) is 40.0 Å². The summed E-state index contributed by atoms with van der Waals surface area (Å²) < 4.78 is 40.9. The van der Waals surface area contributed by atoms with Crippen LogP contribution in [0.15, 0.2) is 42.9 Å². The minimum Gasteiger partial charge on any atom is -0.294 e. The quantitative estimate of drug-likeness (QED) is 0.661. The van der Waals surface area contributed by atoms with Gasteiger partial charge in [-0.15, -0.1) is 0 Å². The zero-order chi connectivity index (χ0) is 19.9. The molecular weight excluding hydrogens is 369 g/mol. The van der Waals surface area contributed by atoms with Crippen LogP contribution in [-0.4, -0.2) is 20.3 Å². The van der Waals surface area contributed by atoms with Crippen LogP contribution >= 0.6 is 0 Å². The molecule has 0 fully saturated rings. The number of nitriles is 1. The van der Waals surface area contributed by atoms with Gasteiger partial charge in [0.2, 0.25) is 0 Å².